The lowest BCUT2D eigenvalue weighted by molar-refractivity contribution is -0.139. The normalized spacial score (nSPS) is 13.2. The van der Waals surface area contributed by atoms with Crippen molar-refractivity contribution >= 4 is 39.1 Å². The Bertz CT molecular complexity index is 1080. The number of benzene rings is 2. The van der Waals surface area contributed by atoms with Crippen LogP contribution in [0.4, 0.5) is 10.1 Å². The van der Waals surface area contributed by atoms with E-state index in [9.17, 15) is 22.4 Å². The minimum absolute atomic E-state index is 0.0511. The zero-order valence-electron chi connectivity index (χ0n) is 19.1. The van der Waals surface area contributed by atoms with E-state index < -0.39 is 34.3 Å². The van der Waals surface area contributed by atoms with E-state index in [1.165, 1.54) is 17.0 Å². The standard InChI is InChI=1S/C23H29ClFN3O4S/c1-5-16(2)26-23(30)17(3)27(14-18-7-6-8-19(24)13-18)22(29)15-28(33(4,31)32)21-11-9-20(25)10-12-21/h6-13,16-17H,5,14-15H2,1-4H3,(H,26,30)/t16-,17-/m0/s1. The fourth-order valence-corrected chi connectivity index (χ4v) is 4.16. The summed E-state index contributed by atoms with van der Waals surface area (Å²) in [4.78, 5) is 27.5. The van der Waals surface area contributed by atoms with Crippen LogP contribution in [0.2, 0.25) is 5.02 Å². The molecule has 7 nitrogen and oxygen atoms in total. The van der Waals surface area contributed by atoms with E-state index in [1.807, 2.05) is 13.8 Å². The van der Waals surface area contributed by atoms with Gasteiger partial charge >= 0.3 is 0 Å². The zero-order chi connectivity index (χ0) is 24.8. The topological polar surface area (TPSA) is 86.8 Å². The fourth-order valence-electron chi connectivity index (χ4n) is 3.10. The summed E-state index contributed by atoms with van der Waals surface area (Å²) < 4.78 is 39.1. The Balaban J connectivity index is 2.37. The second-order valence-electron chi connectivity index (χ2n) is 7.89. The smallest absolute Gasteiger partial charge is 0.244 e. The Labute approximate surface area is 199 Å². The van der Waals surface area contributed by atoms with Gasteiger partial charge in [0, 0.05) is 17.6 Å². The van der Waals surface area contributed by atoms with Gasteiger partial charge in [0.25, 0.3) is 0 Å². The van der Waals surface area contributed by atoms with Crippen molar-refractivity contribution < 1.29 is 22.4 Å². The summed E-state index contributed by atoms with van der Waals surface area (Å²) in [5, 5.41) is 3.32. The Kier molecular flexibility index (Phi) is 9.25. The number of anilines is 1. The molecule has 0 unspecified atom stereocenters. The Morgan fingerprint density at radius 2 is 1.76 bits per heavy atom. The second kappa shape index (κ2) is 11.5. The molecule has 0 radical (unpaired) electrons. The lowest BCUT2D eigenvalue weighted by Crippen LogP contribution is -2.52. The van der Waals surface area contributed by atoms with Gasteiger partial charge in [-0.2, -0.15) is 0 Å². The van der Waals surface area contributed by atoms with Crippen molar-refractivity contribution in [1.82, 2.24) is 10.2 Å². The third-order valence-electron chi connectivity index (χ3n) is 5.20. The Hall–Kier alpha value is -2.65. The molecule has 0 saturated heterocycles. The van der Waals surface area contributed by atoms with E-state index in [0.717, 1.165) is 22.7 Å². The lowest BCUT2D eigenvalue weighted by Gasteiger charge is -2.32. The molecular formula is C23H29ClFN3O4S. The third kappa shape index (κ3) is 7.71. The number of carbonyl (C=O) groups excluding carboxylic acids is 2. The maximum absolute atomic E-state index is 13.4. The first kappa shape index (κ1) is 26.6. The molecule has 2 aromatic rings. The molecule has 10 heteroatoms. The van der Waals surface area contributed by atoms with Gasteiger partial charge in [-0.1, -0.05) is 30.7 Å². The van der Waals surface area contributed by atoms with E-state index >= 15 is 0 Å². The molecule has 2 atom stereocenters. The molecule has 180 valence electrons. The van der Waals surface area contributed by atoms with Gasteiger partial charge < -0.3 is 10.2 Å². The predicted molar refractivity (Wildman–Crippen MR) is 128 cm³/mol. The monoisotopic (exact) mass is 497 g/mol. The van der Waals surface area contributed by atoms with Crippen LogP contribution in [-0.2, 0) is 26.2 Å². The van der Waals surface area contributed by atoms with Crippen molar-refractivity contribution in [2.45, 2.75) is 45.8 Å². The molecule has 0 aromatic heterocycles. The molecule has 1 N–H and O–H groups in total. The SMILES string of the molecule is CC[C@H](C)NC(=O)[C@H](C)N(Cc1cccc(Cl)c1)C(=O)CN(c1ccc(F)cc1)S(C)(=O)=O. The van der Waals surface area contributed by atoms with Gasteiger partial charge in [-0.25, -0.2) is 12.8 Å². The van der Waals surface area contributed by atoms with Crippen LogP contribution in [0.25, 0.3) is 0 Å². The highest BCUT2D eigenvalue weighted by Crippen LogP contribution is 2.20. The van der Waals surface area contributed by atoms with E-state index in [1.54, 1.807) is 31.2 Å². The molecule has 0 spiro atoms. The average Bonchev–Trinajstić information content (AvgIpc) is 2.75. The van der Waals surface area contributed by atoms with Crippen LogP contribution < -0.4 is 9.62 Å². The lowest BCUT2D eigenvalue weighted by atomic mass is 10.1. The quantitative estimate of drug-likeness (QED) is 0.543. The number of halogens is 2. The van der Waals surface area contributed by atoms with Crippen molar-refractivity contribution in [2.75, 3.05) is 17.1 Å². The molecule has 0 aliphatic rings. The summed E-state index contributed by atoms with van der Waals surface area (Å²) in [6, 6.07) is 10.7. The number of nitrogens with zero attached hydrogens (tertiary/aromatic N) is 2. The van der Waals surface area contributed by atoms with E-state index in [2.05, 4.69) is 5.32 Å². The summed E-state index contributed by atoms with van der Waals surface area (Å²) in [6.07, 6.45) is 1.68. The molecule has 0 fully saturated rings. The van der Waals surface area contributed by atoms with Crippen molar-refractivity contribution in [3.8, 4) is 0 Å². The van der Waals surface area contributed by atoms with E-state index in [4.69, 9.17) is 11.6 Å². The zero-order valence-corrected chi connectivity index (χ0v) is 20.7. The minimum Gasteiger partial charge on any atom is -0.352 e. The van der Waals surface area contributed by atoms with Crippen LogP contribution in [0.1, 0.15) is 32.8 Å². The molecular weight excluding hydrogens is 469 g/mol. The van der Waals surface area contributed by atoms with Crippen LogP contribution >= 0.6 is 11.6 Å². The first-order valence-corrected chi connectivity index (χ1v) is 12.7. The first-order valence-electron chi connectivity index (χ1n) is 10.5. The molecule has 2 rings (SSSR count). The molecule has 0 aliphatic carbocycles. The predicted octanol–water partition coefficient (Wildman–Crippen LogP) is 3.58. The van der Waals surface area contributed by atoms with Gasteiger partial charge in [-0.05, 0) is 62.2 Å². The summed E-state index contributed by atoms with van der Waals surface area (Å²) in [7, 11) is -3.87. The van der Waals surface area contributed by atoms with Gasteiger partial charge in [-0.3, -0.25) is 13.9 Å². The highest BCUT2D eigenvalue weighted by molar-refractivity contribution is 7.92. The van der Waals surface area contributed by atoms with Crippen molar-refractivity contribution in [1.29, 1.82) is 0 Å². The highest BCUT2D eigenvalue weighted by atomic mass is 35.5. The van der Waals surface area contributed by atoms with Crippen LogP contribution in [0.15, 0.2) is 48.5 Å². The Morgan fingerprint density at radius 1 is 1.12 bits per heavy atom. The van der Waals surface area contributed by atoms with E-state index in [0.29, 0.717) is 17.0 Å². The largest absolute Gasteiger partial charge is 0.352 e. The number of sulfonamides is 1. The third-order valence-corrected chi connectivity index (χ3v) is 6.58. The first-order chi connectivity index (χ1) is 15.4. The molecule has 0 saturated carbocycles. The van der Waals surface area contributed by atoms with Gasteiger partial charge in [0.05, 0.1) is 11.9 Å². The fraction of sp³-hybridized carbons (Fsp3) is 0.391. The van der Waals surface area contributed by atoms with E-state index in [-0.39, 0.29) is 24.2 Å². The molecule has 2 aromatic carbocycles. The van der Waals surface area contributed by atoms with Gasteiger partial charge in [0.15, 0.2) is 0 Å². The second-order valence-corrected chi connectivity index (χ2v) is 10.2. The number of nitrogens with one attached hydrogen (secondary N) is 1. The molecule has 2 amide bonds. The van der Waals surface area contributed by atoms with Gasteiger partial charge in [0.1, 0.15) is 18.4 Å². The van der Waals surface area contributed by atoms with Crippen molar-refractivity contribution in [2.24, 2.45) is 0 Å². The average molecular weight is 498 g/mol. The van der Waals surface area contributed by atoms with Crippen LogP contribution in [0.5, 0.6) is 0 Å². The molecule has 33 heavy (non-hydrogen) atoms. The molecule has 0 heterocycles. The van der Waals surface area contributed by atoms with Crippen molar-refractivity contribution in [3.63, 3.8) is 0 Å². The van der Waals surface area contributed by atoms with Crippen LogP contribution in [0.3, 0.4) is 0 Å². The summed E-state index contributed by atoms with van der Waals surface area (Å²) in [6.45, 7) is 4.87. The summed E-state index contributed by atoms with van der Waals surface area (Å²) in [5.74, 6) is -1.47. The minimum atomic E-state index is -3.87. The summed E-state index contributed by atoms with van der Waals surface area (Å²) >= 11 is 6.07. The maximum atomic E-state index is 13.4. The number of amides is 2. The highest BCUT2D eigenvalue weighted by Gasteiger charge is 2.30. The number of carbonyl (C=O) groups is 2. The van der Waals surface area contributed by atoms with Gasteiger partial charge in [-0.15, -0.1) is 0 Å². The molecule has 0 bridgehead atoms. The van der Waals surface area contributed by atoms with Gasteiger partial charge in [0.2, 0.25) is 21.8 Å². The number of hydrogen-bond donors (Lipinski definition) is 1. The van der Waals surface area contributed by atoms with Crippen molar-refractivity contribution in [3.05, 3.63) is 64.9 Å². The number of rotatable bonds is 10. The van der Waals surface area contributed by atoms with Crippen LogP contribution in [-0.4, -0.2) is 50.0 Å². The molecule has 0 aliphatic heterocycles. The Morgan fingerprint density at radius 3 is 2.30 bits per heavy atom. The maximum Gasteiger partial charge on any atom is 0.244 e. The summed E-state index contributed by atoms with van der Waals surface area (Å²) in [5.41, 5.74) is 0.832. The van der Waals surface area contributed by atoms with Crippen LogP contribution in [0, 0.1) is 5.82 Å². The number of hydrogen-bond acceptors (Lipinski definition) is 4.